The first-order valence-corrected chi connectivity index (χ1v) is 10.2. The van der Waals surface area contributed by atoms with E-state index in [1.54, 1.807) is 10.6 Å². The second-order valence-electron chi connectivity index (χ2n) is 7.63. The maximum atomic E-state index is 12.9. The van der Waals surface area contributed by atoms with Crippen molar-refractivity contribution in [3.05, 3.63) is 59.0 Å². The minimum atomic E-state index is -4.38. The number of amides is 1. The zero-order valence-corrected chi connectivity index (χ0v) is 17.2. The fourth-order valence-corrected chi connectivity index (χ4v) is 3.75. The van der Waals surface area contributed by atoms with E-state index in [2.05, 4.69) is 10.2 Å². The van der Waals surface area contributed by atoms with Crippen molar-refractivity contribution < 1.29 is 27.1 Å². The molecule has 2 aromatic heterocycles. The minimum Gasteiger partial charge on any atom is -0.460 e. The van der Waals surface area contributed by atoms with Crippen LogP contribution in [0.3, 0.4) is 0 Å². The highest BCUT2D eigenvalue weighted by Gasteiger charge is 2.30. The number of rotatable bonds is 6. The number of furan rings is 1. The maximum absolute atomic E-state index is 12.9. The highest BCUT2D eigenvalue weighted by molar-refractivity contribution is 5.97. The highest BCUT2D eigenvalue weighted by atomic mass is 19.4. The van der Waals surface area contributed by atoms with Gasteiger partial charge in [-0.3, -0.25) is 9.69 Å². The van der Waals surface area contributed by atoms with E-state index in [0.717, 1.165) is 37.3 Å². The first kappa shape index (κ1) is 21.5. The van der Waals surface area contributed by atoms with Crippen LogP contribution in [-0.4, -0.2) is 54.8 Å². The summed E-state index contributed by atoms with van der Waals surface area (Å²) in [7, 11) is 0. The van der Waals surface area contributed by atoms with Crippen LogP contribution < -0.4 is 5.32 Å². The van der Waals surface area contributed by atoms with Gasteiger partial charge in [0, 0.05) is 44.9 Å². The number of alkyl halides is 3. The van der Waals surface area contributed by atoms with Gasteiger partial charge in [-0.2, -0.15) is 13.2 Å². The molecule has 4 rings (SSSR count). The van der Waals surface area contributed by atoms with Gasteiger partial charge in [-0.05, 0) is 24.6 Å². The molecule has 1 fully saturated rings. The van der Waals surface area contributed by atoms with Crippen LogP contribution in [-0.2, 0) is 17.5 Å². The Labute approximate surface area is 177 Å². The largest absolute Gasteiger partial charge is 0.460 e. The Morgan fingerprint density at radius 3 is 2.52 bits per heavy atom. The Kier molecular flexibility index (Phi) is 6.06. The van der Waals surface area contributed by atoms with Gasteiger partial charge in [0.25, 0.3) is 5.91 Å². The molecule has 0 spiro atoms. The van der Waals surface area contributed by atoms with Crippen molar-refractivity contribution in [3.63, 3.8) is 0 Å². The average molecular weight is 435 g/mol. The third-order valence-electron chi connectivity index (χ3n) is 5.38. The topological polar surface area (TPSA) is 59.6 Å². The van der Waals surface area contributed by atoms with Crippen LogP contribution in [0, 0.1) is 6.92 Å². The first-order valence-electron chi connectivity index (χ1n) is 10.2. The zero-order valence-electron chi connectivity index (χ0n) is 17.2. The number of nitrogens with zero attached hydrogens (tertiary/aromatic N) is 2. The van der Waals surface area contributed by atoms with Gasteiger partial charge in [0.1, 0.15) is 11.5 Å². The average Bonchev–Trinajstić information content (AvgIpc) is 3.25. The molecule has 0 unspecified atom stereocenters. The van der Waals surface area contributed by atoms with Gasteiger partial charge in [-0.1, -0.05) is 12.1 Å². The lowest BCUT2D eigenvalue weighted by molar-refractivity contribution is -0.137. The van der Waals surface area contributed by atoms with Crippen molar-refractivity contribution >= 4 is 17.0 Å². The van der Waals surface area contributed by atoms with Gasteiger partial charge in [0.05, 0.1) is 24.3 Å². The Balaban J connectivity index is 1.51. The van der Waals surface area contributed by atoms with Gasteiger partial charge in [0.15, 0.2) is 5.58 Å². The van der Waals surface area contributed by atoms with Gasteiger partial charge in [0.2, 0.25) is 0 Å². The SMILES string of the molecule is Cc1cc2c(cc(C(=O)NCCN3CCOCC3)n2Cc2ccc(C(F)(F)F)cc2)o1. The molecule has 1 N–H and O–H groups in total. The number of fused-ring (bicyclic) bond motifs is 1. The second-order valence-corrected chi connectivity index (χ2v) is 7.63. The lowest BCUT2D eigenvalue weighted by Crippen LogP contribution is -2.41. The van der Waals surface area contributed by atoms with Crippen molar-refractivity contribution in [2.45, 2.75) is 19.6 Å². The van der Waals surface area contributed by atoms with E-state index in [1.807, 2.05) is 13.0 Å². The molecular weight excluding hydrogens is 411 g/mol. The van der Waals surface area contributed by atoms with Crippen molar-refractivity contribution in [2.75, 3.05) is 39.4 Å². The molecular formula is C22H24F3N3O3. The van der Waals surface area contributed by atoms with Crippen molar-refractivity contribution in [2.24, 2.45) is 0 Å². The predicted octanol–water partition coefficient (Wildman–Crippen LogP) is 3.67. The number of carbonyl (C=O) groups excluding carboxylic acids is 1. The number of carbonyl (C=O) groups is 1. The Morgan fingerprint density at radius 1 is 1.13 bits per heavy atom. The van der Waals surface area contributed by atoms with Gasteiger partial charge < -0.3 is 19.0 Å². The third-order valence-corrected chi connectivity index (χ3v) is 5.38. The van der Waals surface area contributed by atoms with Crippen LogP contribution >= 0.6 is 0 Å². The van der Waals surface area contributed by atoms with E-state index >= 15 is 0 Å². The van der Waals surface area contributed by atoms with E-state index in [9.17, 15) is 18.0 Å². The molecule has 31 heavy (non-hydrogen) atoms. The molecule has 166 valence electrons. The lowest BCUT2D eigenvalue weighted by atomic mass is 10.1. The summed E-state index contributed by atoms with van der Waals surface area (Å²) in [6, 6.07) is 8.47. The molecule has 1 aromatic carbocycles. The smallest absolute Gasteiger partial charge is 0.416 e. The summed E-state index contributed by atoms with van der Waals surface area (Å²) in [5.74, 6) is 0.453. The van der Waals surface area contributed by atoms with Crippen LogP contribution in [0.15, 0.2) is 40.8 Å². The van der Waals surface area contributed by atoms with E-state index in [-0.39, 0.29) is 12.5 Å². The third kappa shape index (κ3) is 4.94. The van der Waals surface area contributed by atoms with Crippen LogP contribution in [0.1, 0.15) is 27.4 Å². The number of benzene rings is 1. The normalized spacial score (nSPS) is 15.5. The van der Waals surface area contributed by atoms with Gasteiger partial charge in [-0.25, -0.2) is 0 Å². The molecule has 0 bridgehead atoms. The van der Waals surface area contributed by atoms with Crippen LogP contribution in [0.5, 0.6) is 0 Å². The molecule has 0 aliphatic carbocycles. The van der Waals surface area contributed by atoms with Crippen molar-refractivity contribution in [1.82, 2.24) is 14.8 Å². The van der Waals surface area contributed by atoms with Crippen LogP contribution in [0.2, 0.25) is 0 Å². The summed E-state index contributed by atoms with van der Waals surface area (Å²) in [5, 5.41) is 2.93. The highest BCUT2D eigenvalue weighted by Crippen LogP contribution is 2.30. The monoisotopic (exact) mass is 435 g/mol. The number of hydrogen-bond acceptors (Lipinski definition) is 4. The number of aryl methyl sites for hydroxylation is 1. The number of aromatic nitrogens is 1. The van der Waals surface area contributed by atoms with Crippen molar-refractivity contribution in [3.8, 4) is 0 Å². The van der Waals surface area contributed by atoms with Crippen LogP contribution in [0.25, 0.3) is 11.1 Å². The molecule has 1 saturated heterocycles. The number of ether oxygens (including phenoxy) is 1. The number of morpholine rings is 1. The zero-order chi connectivity index (χ0) is 22.0. The molecule has 1 aliphatic heterocycles. The number of nitrogens with one attached hydrogen (secondary N) is 1. The molecule has 1 aliphatic rings. The maximum Gasteiger partial charge on any atom is 0.416 e. The van der Waals surface area contributed by atoms with Crippen molar-refractivity contribution in [1.29, 1.82) is 0 Å². The summed E-state index contributed by atoms with van der Waals surface area (Å²) < 4.78 is 51.3. The number of halogens is 3. The van der Waals surface area contributed by atoms with E-state index < -0.39 is 11.7 Å². The van der Waals surface area contributed by atoms with E-state index in [1.165, 1.54) is 12.1 Å². The standard InChI is InChI=1S/C22H24F3N3O3/c1-15-12-18-20(31-15)13-19(21(29)26-6-7-27-8-10-30-11-9-27)28(18)14-16-2-4-17(5-3-16)22(23,24)25/h2-5,12-13H,6-11,14H2,1H3,(H,26,29). The minimum absolute atomic E-state index is 0.246. The molecule has 0 radical (unpaired) electrons. The molecule has 1 amide bonds. The Hall–Kier alpha value is -2.78. The van der Waals surface area contributed by atoms with Gasteiger partial charge >= 0.3 is 6.18 Å². The summed E-state index contributed by atoms with van der Waals surface area (Å²) in [4.78, 5) is 15.1. The molecule has 9 heteroatoms. The molecule has 3 heterocycles. The molecule has 0 atom stereocenters. The molecule has 0 saturated carbocycles. The summed E-state index contributed by atoms with van der Waals surface area (Å²) in [5.41, 5.74) is 1.68. The predicted molar refractivity (Wildman–Crippen MR) is 109 cm³/mol. The summed E-state index contributed by atoms with van der Waals surface area (Å²) in [6.07, 6.45) is -4.38. The quantitative estimate of drug-likeness (QED) is 0.642. The second kappa shape index (κ2) is 8.76. The molecule has 3 aromatic rings. The lowest BCUT2D eigenvalue weighted by Gasteiger charge is -2.26. The number of hydrogen-bond donors (Lipinski definition) is 1. The van der Waals surface area contributed by atoms with E-state index in [0.29, 0.717) is 42.4 Å². The van der Waals surface area contributed by atoms with Gasteiger partial charge in [-0.15, -0.1) is 0 Å². The fourth-order valence-electron chi connectivity index (χ4n) is 3.75. The Morgan fingerprint density at radius 2 is 1.84 bits per heavy atom. The first-order chi connectivity index (χ1) is 14.8. The Bertz CT molecular complexity index is 1050. The fraction of sp³-hybridized carbons (Fsp3) is 0.409. The van der Waals surface area contributed by atoms with E-state index in [4.69, 9.17) is 9.15 Å². The summed E-state index contributed by atoms with van der Waals surface area (Å²) in [6.45, 7) is 6.35. The van der Waals surface area contributed by atoms with Crippen LogP contribution in [0.4, 0.5) is 13.2 Å². The molecule has 6 nitrogen and oxygen atoms in total. The summed E-state index contributed by atoms with van der Waals surface area (Å²) >= 11 is 0.